The van der Waals surface area contributed by atoms with Crippen molar-refractivity contribution in [3.05, 3.63) is 65.2 Å². The number of ether oxygens (including phenoxy) is 1. The number of amides is 1. The first kappa shape index (κ1) is 14.6. The molecule has 1 aliphatic rings. The minimum atomic E-state index is -0.0594. The van der Waals surface area contributed by atoms with Crippen LogP contribution in [0.15, 0.2) is 48.5 Å². The van der Waals surface area contributed by atoms with Gasteiger partial charge in [-0.1, -0.05) is 30.3 Å². The fraction of sp³-hybridized carbons (Fsp3) is 0.278. The van der Waals surface area contributed by atoms with Gasteiger partial charge in [-0.3, -0.25) is 4.79 Å². The molecule has 0 saturated carbocycles. The van der Waals surface area contributed by atoms with Crippen molar-refractivity contribution in [2.45, 2.75) is 19.0 Å². The fourth-order valence-corrected chi connectivity index (χ4v) is 2.99. The van der Waals surface area contributed by atoms with Crippen LogP contribution in [-0.4, -0.2) is 29.6 Å². The molecular formula is C18H19NO3. The lowest BCUT2D eigenvalue weighted by Gasteiger charge is -2.25. The summed E-state index contributed by atoms with van der Waals surface area (Å²) in [4.78, 5) is 14.5. The summed E-state index contributed by atoms with van der Waals surface area (Å²) < 4.78 is 5.16. The van der Waals surface area contributed by atoms with Crippen LogP contribution in [-0.2, 0) is 6.54 Å². The number of aliphatic hydroxyl groups is 1. The van der Waals surface area contributed by atoms with Gasteiger partial charge >= 0.3 is 0 Å². The minimum absolute atomic E-state index is 0.0323. The number of hydrogen-bond donors (Lipinski definition) is 1. The zero-order chi connectivity index (χ0) is 15.5. The lowest BCUT2D eigenvalue weighted by atomic mass is 10.0. The van der Waals surface area contributed by atoms with Gasteiger partial charge in [0.1, 0.15) is 5.75 Å². The first-order valence-corrected chi connectivity index (χ1v) is 7.38. The number of fused-ring (bicyclic) bond motifs is 1. The van der Waals surface area contributed by atoms with Crippen LogP contribution in [0.1, 0.15) is 33.9 Å². The summed E-state index contributed by atoms with van der Waals surface area (Å²) in [5, 5.41) is 9.34. The van der Waals surface area contributed by atoms with Crippen molar-refractivity contribution in [3.63, 3.8) is 0 Å². The molecule has 1 atom stereocenters. The topological polar surface area (TPSA) is 49.8 Å². The van der Waals surface area contributed by atoms with Crippen LogP contribution in [0.25, 0.3) is 0 Å². The third-order valence-corrected chi connectivity index (χ3v) is 4.10. The molecule has 0 aliphatic carbocycles. The number of methoxy groups -OCH3 is 1. The Morgan fingerprint density at radius 1 is 1.14 bits per heavy atom. The third kappa shape index (κ3) is 2.57. The normalized spacial score (nSPS) is 16.7. The van der Waals surface area contributed by atoms with Crippen molar-refractivity contribution >= 4 is 5.91 Å². The Morgan fingerprint density at radius 2 is 1.86 bits per heavy atom. The van der Waals surface area contributed by atoms with Crippen LogP contribution in [0.3, 0.4) is 0 Å². The molecule has 2 aromatic carbocycles. The molecule has 1 amide bonds. The monoisotopic (exact) mass is 297 g/mol. The predicted molar refractivity (Wildman–Crippen MR) is 83.8 cm³/mol. The van der Waals surface area contributed by atoms with E-state index in [4.69, 9.17) is 4.74 Å². The zero-order valence-electron chi connectivity index (χ0n) is 12.5. The van der Waals surface area contributed by atoms with Crippen LogP contribution in [0.2, 0.25) is 0 Å². The maximum Gasteiger partial charge on any atom is 0.255 e. The number of nitrogens with zero attached hydrogens (tertiary/aromatic N) is 1. The number of rotatable bonds is 5. The molecule has 1 unspecified atom stereocenters. The summed E-state index contributed by atoms with van der Waals surface area (Å²) in [7, 11) is 1.63. The van der Waals surface area contributed by atoms with E-state index in [2.05, 4.69) is 0 Å². The summed E-state index contributed by atoms with van der Waals surface area (Å²) in [6, 6.07) is 15.3. The van der Waals surface area contributed by atoms with Crippen molar-refractivity contribution in [1.29, 1.82) is 0 Å². The maximum atomic E-state index is 12.6. The second-order valence-corrected chi connectivity index (χ2v) is 5.40. The van der Waals surface area contributed by atoms with Gasteiger partial charge in [0.15, 0.2) is 0 Å². The highest BCUT2D eigenvalue weighted by atomic mass is 16.5. The Balaban J connectivity index is 1.87. The summed E-state index contributed by atoms with van der Waals surface area (Å²) in [6.07, 6.45) is 0.554. The molecule has 0 spiro atoms. The van der Waals surface area contributed by atoms with E-state index in [9.17, 15) is 9.90 Å². The lowest BCUT2D eigenvalue weighted by molar-refractivity contribution is 0.0684. The number of aliphatic hydroxyl groups excluding tert-OH is 1. The standard InChI is InChI=1S/C18H19NO3/c1-22-14-8-6-13(7-9-14)12-19-17(10-11-20)15-4-2-3-5-16(15)18(19)21/h2-9,17,20H,10-12H2,1H3. The van der Waals surface area contributed by atoms with E-state index in [1.807, 2.05) is 53.4 Å². The van der Waals surface area contributed by atoms with Crippen LogP contribution in [0, 0.1) is 0 Å². The van der Waals surface area contributed by atoms with Crippen molar-refractivity contribution in [2.24, 2.45) is 0 Å². The summed E-state index contributed by atoms with van der Waals surface area (Å²) in [6.45, 7) is 0.591. The van der Waals surface area contributed by atoms with Crippen LogP contribution >= 0.6 is 0 Å². The number of benzene rings is 2. The minimum Gasteiger partial charge on any atom is -0.497 e. The highest BCUT2D eigenvalue weighted by Gasteiger charge is 2.35. The summed E-state index contributed by atoms with van der Waals surface area (Å²) in [5.41, 5.74) is 2.80. The smallest absolute Gasteiger partial charge is 0.255 e. The molecule has 4 nitrogen and oxygen atoms in total. The molecule has 114 valence electrons. The summed E-state index contributed by atoms with van der Waals surface area (Å²) in [5.74, 6) is 0.830. The third-order valence-electron chi connectivity index (χ3n) is 4.10. The second kappa shape index (κ2) is 6.20. The molecule has 0 bridgehead atoms. The highest BCUT2D eigenvalue weighted by molar-refractivity contribution is 5.99. The van der Waals surface area contributed by atoms with Gasteiger partial charge in [-0.25, -0.2) is 0 Å². The first-order chi connectivity index (χ1) is 10.7. The quantitative estimate of drug-likeness (QED) is 0.923. The van der Waals surface area contributed by atoms with Gasteiger partial charge < -0.3 is 14.7 Å². The van der Waals surface area contributed by atoms with E-state index >= 15 is 0 Å². The Morgan fingerprint density at radius 3 is 2.55 bits per heavy atom. The Labute approximate surface area is 130 Å². The van der Waals surface area contributed by atoms with E-state index in [-0.39, 0.29) is 18.6 Å². The first-order valence-electron chi connectivity index (χ1n) is 7.38. The highest BCUT2D eigenvalue weighted by Crippen LogP contribution is 2.36. The number of carbonyl (C=O) groups excluding carboxylic acids is 1. The average molecular weight is 297 g/mol. The van der Waals surface area contributed by atoms with E-state index in [1.165, 1.54) is 0 Å². The van der Waals surface area contributed by atoms with Gasteiger partial charge in [0, 0.05) is 18.7 Å². The van der Waals surface area contributed by atoms with Crippen LogP contribution < -0.4 is 4.74 Å². The van der Waals surface area contributed by atoms with Crippen molar-refractivity contribution < 1.29 is 14.6 Å². The largest absolute Gasteiger partial charge is 0.497 e. The molecule has 1 heterocycles. The fourth-order valence-electron chi connectivity index (χ4n) is 2.99. The molecule has 0 radical (unpaired) electrons. The Kier molecular flexibility index (Phi) is 4.11. The Hall–Kier alpha value is -2.33. The SMILES string of the molecule is COc1ccc(CN2C(=O)c3ccccc3C2CCO)cc1. The van der Waals surface area contributed by atoms with Crippen molar-refractivity contribution in [3.8, 4) is 5.75 Å². The molecule has 22 heavy (non-hydrogen) atoms. The van der Waals surface area contributed by atoms with Gasteiger partial charge in [0.2, 0.25) is 0 Å². The second-order valence-electron chi connectivity index (χ2n) is 5.40. The molecule has 0 saturated heterocycles. The molecule has 2 aromatic rings. The molecule has 1 N–H and O–H groups in total. The number of hydrogen-bond acceptors (Lipinski definition) is 3. The van der Waals surface area contributed by atoms with Crippen LogP contribution in [0.4, 0.5) is 0 Å². The van der Waals surface area contributed by atoms with Gasteiger partial charge in [-0.2, -0.15) is 0 Å². The van der Waals surface area contributed by atoms with Crippen LogP contribution in [0.5, 0.6) is 5.75 Å². The molecular weight excluding hydrogens is 278 g/mol. The van der Waals surface area contributed by atoms with E-state index in [1.54, 1.807) is 7.11 Å². The molecule has 0 fully saturated rings. The maximum absolute atomic E-state index is 12.6. The van der Waals surface area contributed by atoms with Gasteiger partial charge in [0.05, 0.1) is 13.2 Å². The van der Waals surface area contributed by atoms with Crippen molar-refractivity contribution in [2.75, 3.05) is 13.7 Å². The van der Waals surface area contributed by atoms with Gasteiger partial charge in [-0.05, 0) is 35.7 Å². The molecule has 0 aromatic heterocycles. The molecule has 4 heteroatoms. The average Bonchev–Trinajstić information content (AvgIpc) is 2.82. The number of carbonyl (C=O) groups is 1. The zero-order valence-corrected chi connectivity index (χ0v) is 12.5. The van der Waals surface area contributed by atoms with E-state index in [0.29, 0.717) is 13.0 Å². The lowest BCUT2D eigenvalue weighted by Crippen LogP contribution is -2.28. The van der Waals surface area contributed by atoms with Gasteiger partial charge in [-0.15, -0.1) is 0 Å². The summed E-state index contributed by atoms with van der Waals surface area (Å²) >= 11 is 0. The predicted octanol–water partition coefficient (Wildman–Crippen LogP) is 2.77. The molecule has 3 rings (SSSR count). The molecule has 1 aliphatic heterocycles. The van der Waals surface area contributed by atoms with Crippen molar-refractivity contribution in [1.82, 2.24) is 4.90 Å². The van der Waals surface area contributed by atoms with E-state index < -0.39 is 0 Å². The Bertz CT molecular complexity index is 666. The van der Waals surface area contributed by atoms with Gasteiger partial charge in [0.25, 0.3) is 5.91 Å². The van der Waals surface area contributed by atoms with E-state index in [0.717, 1.165) is 22.4 Å².